The Morgan fingerprint density at radius 3 is 2.61 bits per heavy atom. The van der Waals surface area contributed by atoms with Crippen LogP contribution in [0.15, 0.2) is 67.0 Å². The number of ether oxygens (including phenoxy) is 1. The minimum atomic E-state index is -0.179. The van der Waals surface area contributed by atoms with E-state index in [2.05, 4.69) is 29.5 Å². The molecule has 5 heteroatoms. The third-order valence-corrected chi connectivity index (χ3v) is 4.51. The standard InChI is InChI=1S/C23H25N3O2/c1-16(2)20-9-5-6-10-21(20)26-23(27)18-12-19(15-24-13-18)25-14-17-8-4-7-11-22(17)28-3/h4-13,15-16,25H,14H2,1-3H3,(H,26,27). The van der Waals surface area contributed by atoms with Gasteiger partial charge in [-0.05, 0) is 29.7 Å². The number of nitrogens with one attached hydrogen (secondary N) is 2. The molecule has 1 amide bonds. The fraction of sp³-hybridized carbons (Fsp3) is 0.217. The molecule has 0 unspecified atom stereocenters. The molecule has 0 atom stereocenters. The number of rotatable bonds is 7. The molecule has 2 N–H and O–H groups in total. The maximum Gasteiger partial charge on any atom is 0.257 e. The second-order valence-electron chi connectivity index (χ2n) is 6.82. The molecule has 0 aliphatic carbocycles. The molecule has 3 aromatic rings. The van der Waals surface area contributed by atoms with Gasteiger partial charge in [-0.15, -0.1) is 0 Å². The third kappa shape index (κ3) is 4.68. The minimum absolute atomic E-state index is 0.179. The summed E-state index contributed by atoms with van der Waals surface area (Å²) in [5.41, 5.74) is 4.24. The van der Waals surface area contributed by atoms with Crippen LogP contribution < -0.4 is 15.4 Å². The van der Waals surface area contributed by atoms with E-state index in [0.29, 0.717) is 18.0 Å². The van der Waals surface area contributed by atoms with Crippen LogP contribution in [0.5, 0.6) is 5.75 Å². The molecule has 5 nitrogen and oxygen atoms in total. The highest BCUT2D eigenvalue weighted by Gasteiger charge is 2.12. The van der Waals surface area contributed by atoms with Gasteiger partial charge in [0.2, 0.25) is 0 Å². The summed E-state index contributed by atoms with van der Waals surface area (Å²) in [6, 6.07) is 17.5. The van der Waals surface area contributed by atoms with E-state index >= 15 is 0 Å². The summed E-state index contributed by atoms with van der Waals surface area (Å²) in [4.78, 5) is 16.9. The molecule has 0 aliphatic rings. The van der Waals surface area contributed by atoms with E-state index in [9.17, 15) is 4.79 Å². The Balaban J connectivity index is 1.72. The van der Waals surface area contributed by atoms with Crippen LogP contribution in [0.1, 0.15) is 41.3 Å². The van der Waals surface area contributed by atoms with Crippen molar-refractivity contribution in [3.63, 3.8) is 0 Å². The molecular formula is C23H25N3O2. The minimum Gasteiger partial charge on any atom is -0.496 e. The number of nitrogens with zero attached hydrogens (tertiary/aromatic N) is 1. The van der Waals surface area contributed by atoms with Gasteiger partial charge in [-0.3, -0.25) is 9.78 Å². The van der Waals surface area contributed by atoms with Crippen molar-refractivity contribution in [1.82, 2.24) is 4.98 Å². The molecule has 0 fully saturated rings. The van der Waals surface area contributed by atoms with Gasteiger partial charge in [-0.1, -0.05) is 50.2 Å². The van der Waals surface area contributed by atoms with Gasteiger partial charge < -0.3 is 15.4 Å². The third-order valence-electron chi connectivity index (χ3n) is 4.51. The van der Waals surface area contributed by atoms with E-state index in [1.165, 1.54) is 0 Å². The Kier molecular flexibility index (Phi) is 6.27. The van der Waals surface area contributed by atoms with Crippen molar-refractivity contribution in [2.45, 2.75) is 26.3 Å². The van der Waals surface area contributed by atoms with E-state index < -0.39 is 0 Å². The molecule has 0 saturated heterocycles. The van der Waals surface area contributed by atoms with E-state index in [4.69, 9.17) is 4.74 Å². The second-order valence-corrected chi connectivity index (χ2v) is 6.82. The fourth-order valence-corrected chi connectivity index (χ4v) is 3.02. The van der Waals surface area contributed by atoms with Crippen LogP contribution in [0.25, 0.3) is 0 Å². The van der Waals surface area contributed by atoms with Crippen LogP contribution in [0.3, 0.4) is 0 Å². The summed E-state index contributed by atoms with van der Waals surface area (Å²) < 4.78 is 5.37. The number of hydrogen-bond acceptors (Lipinski definition) is 4. The number of anilines is 2. The van der Waals surface area contributed by atoms with Crippen molar-refractivity contribution in [3.05, 3.63) is 83.7 Å². The van der Waals surface area contributed by atoms with Gasteiger partial charge in [0, 0.05) is 30.2 Å². The number of pyridine rings is 1. The SMILES string of the molecule is COc1ccccc1CNc1cncc(C(=O)Nc2ccccc2C(C)C)c1. The van der Waals surface area contributed by atoms with Gasteiger partial charge in [0.15, 0.2) is 0 Å². The normalized spacial score (nSPS) is 10.6. The lowest BCUT2D eigenvalue weighted by Crippen LogP contribution is -2.14. The van der Waals surface area contributed by atoms with Crippen molar-refractivity contribution in [3.8, 4) is 5.75 Å². The quantitative estimate of drug-likeness (QED) is 0.605. The van der Waals surface area contributed by atoms with Crippen LogP contribution in [-0.2, 0) is 6.54 Å². The first-order chi connectivity index (χ1) is 13.6. The molecule has 1 heterocycles. The zero-order valence-corrected chi connectivity index (χ0v) is 16.4. The van der Waals surface area contributed by atoms with Crippen molar-refractivity contribution in [2.75, 3.05) is 17.7 Å². The average Bonchev–Trinajstić information content (AvgIpc) is 2.73. The molecule has 0 radical (unpaired) electrons. The van der Waals surface area contributed by atoms with Crippen molar-refractivity contribution >= 4 is 17.3 Å². The predicted octanol–water partition coefficient (Wildman–Crippen LogP) is 5.08. The Morgan fingerprint density at radius 1 is 1.07 bits per heavy atom. The molecular weight excluding hydrogens is 350 g/mol. The first kappa shape index (κ1) is 19.4. The number of carbonyl (C=O) groups excluding carboxylic acids is 1. The fourth-order valence-electron chi connectivity index (χ4n) is 3.02. The molecule has 144 valence electrons. The highest BCUT2D eigenvalue weighted by Crippen LogP contribution is 2.24. The van der Waals surface area contributed by atoms with Crippen LogP contribution in [0, 0.1) is 0 Å². The first-order valence-corrected chi connectivity index (χ1v) is 9.29. The first-order valence-electron chi connectivity index (χ1n) is 9.29. The number of para-hydroxylation sites is 2. The number of methoxy groups -OCH3 is 1. The summed E-state index contributed by atoms with van der Waals surface area (Å²) in [5.74, 6) is 0.965. The lowest BCUT2D eigenvalue weighted by molar-refractivity contribution is 0.102. The van der Waals surface area contributed by atoms with Gasteiger partial charge in [0.25, 0.3) is 5.91 Å². The number of amides is 1. The Hall–Kier alpha value is -3.34. The highest BCUT2D eigenvalue weighted by atomic mass is 16.5. The van der Waals surface area contributed by atoms with Gasteiger partial charge in [0.05, 0.1) is 18.4 Å². The molecule has 0 aliphatic heterocycles. The summed E-state index contributed by atoms with van der Waals surface area (Å²) >= 11 is 0. The highest BCUT2D eigenvalue weighted by molar-refractivity contribution is 6.05. The van der Waals surface area contributed by atoms with Crippen LogP contribution in [-0.4, -0.2) is 18.0 Å². The summed E-state index contributed by atoms with van der Waals surface area (Å²) in [6.07, 6.45) is 3.27. The zero-order valence-electron chi connectivity index (χ0n) is 16.4. The number of carbonyl (C=O) groups is 1. The largest absolute Gasteiger partial charge is 0.496 e. The monoisotopic (exact) mass is 375 g/mol. The van der Waals surface area contributed by atoms with E-state index in [-0.39, 0.29) is 5.91 Å². The maximum absolute atomic E-state index is 12.7. The Bertz CT molecular complexity index is 954. The molecule has 0 spiro atoms. The van der Waals surface area contributed by atoms with Gasteiger partial charge in [-0.25, -0.2) is 0 Å². The number of benzene rings is 2. The summed E-state index contributed by atoms with van der Waals surface area (Å²) in [6.45, 7) is 4.79. The van der Waals surface area contributed by atoms with Gasteiger partial charge in [0.1, 0.15) is 5.75 Å². The van der Waals surface area contributed by atoms with Crippen LogP contribution in [0.2, 0.25) is 0 Å². The number of hydrogen-bond donors (Lipinski definition) is 2. The van der Waals surface area contributed by atoms with E-state index in [1.54, 1.807) is 25.6 Å². The summed E-state index contributed by atoms with van der Waals surface area (Å²) in [5, 5.41) is 6.30. The molecule has 28 heavy (non-hydrogen) atoms. The molecule has 2 aromatic carbocycles. The Labute approximate surface area is 165 Å². The second kappa shape index (κ2) is 9.04. The van der Waals surface area contributed by atoms with Crippen molar-refractivity contribution in [2.24, 2.45) is 0 Å². The van der Waals surface area contributed by atoms with Gasteiger partial charge in [-0.2, -0.15) is 0 Å². The van der Waals surface area contributed by atoms with Crippen LogP contribution in [0.4, 0.5) is 11.4 Å². The Morgan fingerprint density at radius 2 is 1.82 bits per heavy atom. The smallest absolute Gasteiger partial charge is 0.257 e. The number of aromatic nitrogens is 1. The molecule has 1 aromatic heterocycles. The van der Waals surface area contributed by atoms with Crippen molar-refractivity contribution < 1.29 is 9.53 Å². The maximum atomic E-state index is 12.7. The molecule has 3 rings (SSSR count). The lowest BCUT2D eigenvalue weighted by atomic mass is 10.0. The van der Waals surface area contributed by atoms with E-state index in [0.717, 1.165) is 28.3 Å². The van der Waals surface area contributed by atoms with Crippen molar-refractivity contribution in [1.29, 1.82) is 0 Å². The van der Waals surface area contributed by atoms with Crippen LogP contribution >= 0.6 is 0 Å². The topological polar surface area (TPSA) is 63.2 Å². The zero-order chi connectivity index (χ0) is 19.9. The lowest BCUT2D eigenvalue weighted by Gasteiger charge is -2.14. The van der Waals surface area contributed by atoms with E-state index in [1.807, 2.05) is 48.5 Å². The molecule has 0 bridgehead atoms. The summed E-state index contributed by atoms with van der Waals surface area (Å²) in [7, 11) is 1.65. The average molecular weight is 375 g/mol. The van der Waals surface area contributed by atoms with Gasteiger partial charge >= 0.3 is 0 Å². The predicted molar refractivity (Wildman–Crippen MR) is 113 cm³/mol. The molecule has 0 saturated carbocycles.